The first kappa shape index (κ1) is 18.9. The van der Waals surface area contributed by atoms with Crippen LogP contribution in [0, 0.1) is 0 Å². The van der Waals surface area contributed by atoms with E-state index in [1.54, 1.807) is 19.5 Å². The van der Waals surface area contributed by atoms with Gasteiger partial charge in [-0.15, -0.1) is 0 Å². The quantitative estimate of drug-likeness (QED) is 0.652. The average Bonchev–Trinajstić information content (AvgIpc) is 2.72. The van der Waals surface area contributed by atoms with E-state index < -0.39 is 0 Å². The zero-order chi connectivity index (χ0) is 19.1. The molecule has 1 aromatic heterocycles. The summed E-state index contributed by atoms with van der Waals surface area (Å²) in [5.41, 5.74) is 3.01. The predicted molar refractivity (Wildman–Crippen MR) is 107 cm³/mol. The van der Waals surface area contributed by atoms with Crippen molar-refractivity contribution in [3.05, 3.63) is 94.8 Å². The van der Waals surface area contributed by atoms with E-state index in [0.717, 1.165) is 16.7 Å². The molecule has 0 spiro atoms. The molecule has 3 rings (SSSR count). The fourth-order valence-electron chi connectivity index (χ4n) is 2.97. The van der Waals surface area contributed by atoms with Gasteiger partial charge in [-0.1, -0.05) is 54.1 Å². The van der Waals surface area contributed by atoms with E-state index in [2.05, 4.69) is 10.3 Å². The first-order chi connectivity index (χ1) is 13.2. The van der Waals surface area contributed by atoms with Crippen molar-refractivity contribution in [2.75, 3.05) is 7.11 Å². The van der Waals surface area contributed by atoms with Crippen LogP contribution in [0.25, 0.3) is 0 Å². The fourth-order valence-corrected chi connectivity index (χ4v) is 3.24. The second-order valence-electron chi connectivity index (χ2n) is 6.20. The van der Waals surface area contributed by atoms with Gasteiger partial charge in [0.2, 0.25) is 5.91 Å². The Morgan fingerprint density at radius 1 is 1.11 bits per heavy atom. The highest BCUT2D eigenvalue weighted by Crippen LogP contribution is 2.33. The van der Waals surface area contributed by atoms with Crippen molar-refractivity contribution >= 4 is 17.5 Å². The number of carbonyl (C=O) groups is 1. The lowest BCUT2D eigenvalue weighted by Gasteiger charge is -2.19. The van der Waals surface area contributed by atoms with Crippen LogP contribution in [0.4, 0.5) is 0 Å². The number of rotatable bonds is 7. The number of nitrogens with zero attached hydrogens (tertiary/aromatic N) is 1. The molecular formula is C22H21ClN2O2. The molecule has 0 radical (unpaired) electrons. The van der Waals surface area contributed by atoms with E-state index in [9.17, 15) is 4.79 Å². The standard InChI is InChI=1S/C22H21ClN2O2/c1-27-21-10-9-18(12-20(21)23)19(17-7-3-2-4-8-17)13-22(26)25-15-16-6-5-11-24-14-16/h2-12,14,19H,13,15H2,1H3,(H,25,26). The Labute approximate surface area is 164 Å². The third-order valence-electron chi connectivity index (χ3n) is 4.38. The van der Waals surface area contributed by atoms with Gasteiger partial charge < -0.3 is 10.1 Å². The minimum atomic E-state index is -0.0940. The summed E-state index contributed by atoms with van der Waals surface area (Å²) in [6.45, 7) is 0.456. The van der Waals surface area contributed by atoms with Gasteiger partial charge in [-0.2, -0.15) is 0 Å². The lowest BCUT2D eigenvalue weighted by atomic mass is 9.88. The summed E-state index contributed by atoms with van der Waals surface area (Å²) in [7, 11) is 1.58. The summed E-state index contributed by atoms with van der Waals surface area (Å²) in [5.74, 6) is 0.497. The van der Waals surface area contributed by atoms with Crippen LogP contribution < -0.4 is 10.1 Å². The van der Waals surface area contributed by atoms with Crippen LogP contribution in [0.5, 0.6) is 5.75 Å². The Bertz CT molecular complexity index is 885. The van der Waals surface area contributed by atoms with Crippen molar-refractivity contribution in [1.82, 2.24) is 10.3 Å². The number of ether oxygens (including phenoxy) is 1. The number of hydrogen-bond donors (Lipinski definition) is 1. The summed E-state index contributed by atoms with van der Waals surface area (Å²) in [4.78, 5) is 16.7. The highest BCUT2D eigenvalue weighted by atomic mass is 35.5. The maximum atomic E-state index is 12.6. The molecule has 138 valence electrons. The monoisotopic (exact) mass is 380 g/mol. The van der Waals surface area contributed by atoms with Crippen LogP contribution in [0.15, 0.2) is 73.1 Å². The molecule has 3 aromatic rings. The smallest absolute Gasteiger partial charge is 0.221 e. The highest BCUT2D eigenvalue weighted by Gasteiger charge is 2.19. The second-order valence-corrected chi connectivity index (χ2v) is 6.61. The number of nitrogens with one attached hydrogen (secondary N) is 1. The van der Waals surface area contributed by atoms with E-state index in [1.165, 1.54) is 0 Å². The molecule has 0 fully saturated rings. The Morgan fingerprint density at radius 3 is 2.59 bits per heavy atom. The zero-order valence-electron chi connectivity index (χ0n) is 15.1. The number of hydrogen-bond acceptors (Lipinski definition) is 3. The first-order valence-electron chi connectivity index (χ1n) is 8.71. The van der Waals surface area contributed by atoms with Gasteiger partial charge in [0.1, 0.15) is 5.75 Å². The molecule has 1 amide bonds. The number of benzene rings is 2. The van der Waals surface area contributed by atoms with Crippen molar-refractivity contribution in [2.45, 2.75) is 18.9 Å². The van der Waals surface area contributed by atoms with Crippen LogP contribution in [0.1, 0.15) is 29.0 Å². The predicted octanol–water partition coefficient (Wildman–Crippen LogP) is 4.58. The molecule has 5 heteroatoms. The van der Waals surface area contributed by atoms with Gasteiger partial charge in [-0.05, 0) is 34.9 Å². The van der Waals surface area contributed by atoms with Gasteiger partial charge in [0, 0.05) is 31.3 Å². The van der Waals surface area contributed by atoms with E-state index in [1.807, 2.05) is 60.7 Å². The maximum absolute atomic E-state index is 12.6. The SMILES string of the molecule is COc1ccc(C(CC(=O)NCc2cccnc2)c2ccccc2)cc1Cl. The molecule has 2 aromatic carbocycles. The van der Waals surface area contributed by atoms with Gasteiger partial charge in [0.05, 0.1) is 12.1 Å². The van der Waals surface area contributed by atoms with E-state index >= 15 is 0 Å². The van der Waals surface area contributed by atoms with E-state index in [-0.39, 0.29) is 11.8 Å². The van der Waals surface area contributed by atoms with Crippen LogP contribution in [-0.4, -0.2) is 18.0 Å². The van der Waals surface area contributed by atoms with Crippen molar-refractivity contribution < 1.29 is 9.53 Å². The highest BCUT2D eigenvalue weighted by molar-refractivity contribution is 6.32. The third-order valence-corrected chi connectivity index (χ3v) is 4.68. The summed E-state index contributed by atoms with van der Waals surface area (Å²) >= 11 is 6.31. The first-order valence-corrected chi connectivity index (χ1v) is 9.09. The molecule has 27 heavy (non-hydrogen) atoms. The van der Waals surface area contributed by atoms with Gasteiger partial charge in [-0.25, -0.2) is 0 Å². The number of aromatic nitrogens is 1. The third kappa shape index (κ3) is 5.08. The molecule has 0 aliphatic rings. The topological polar surface area (TPSA) is 51.2 Å². The summed E-state index contributed by atoms with van der Waals surface area (Å²) in [6.07, 6.45) is 3.79. The minimum Gasteiger partial charge on any atom is -0.495 e. The Kier molecular flexibility index (Phi) is 6.44. The lowest BCUT2D eigenvalue weighted by molar-refractivity contribution is -0.121. The van der Waals surface area contributed by atoms with Gasteiger partial charge in [0.15, 0.2) is 0 Å². The van der Waals surface area contributed by atoms with Gasteiger partial charge in [0.25, 0.3) is 0 Å². The maximum Gasteiger partial charge on any atom is 0.221 e. The molecule has 0 bridgehead atoms. The Balaban J connectivity index is 1.78. The molecule has 1 unspecified atom stereocenters. The minimum absolute atomic E-state index is 0.0281. The molecule has 4 nitrogen and oxygen atoms in total. The van der Waals surface area contributed by atoms with Crippen LogP contribution >= 0.6 is 11.6 Å². The fraction of sp³-hybridized carbons (Fsp3) is 0.182. The summed E-state index contributed by atoms with van der Waals surface area (Å²) in [6, 6.07) is 19.4. The van der Waals surface area contributed by atoms with Gasteiger partial charge >= 0.3 is 0 Å². The number of amides is 1. The second kappa shape index (κ2) is 9.19. The molecule has 0 saturated heterocycles. The average molecular weight is 381 g/mol. The molecule has 0 aliphatic heterocycles. The van der Waals surface area contributed by atoms with Crippen LogP contribution in [-0.2, 0) is 11.3 Å². The zero-order valence-corrected chi connectivity index (χ0v) is 15.8. The van der Waals surface area contributed by atoms with Crippen molar-refractivity contribution in [2.24, 2.45) is 0 Å². The largest absolute Gasteiger partial charge is 0.495 e. The molecule has 1 N–H and O–H groups in total. The van der Waals surface area contributed by atoms with E-state index in [4.69, 9.17) is 16.3 Å². The molecular weight excluding hydrogens is 360 g/mol. The van der Waals surface area contributed by atoms with Gasteiger partial charge in [-0.3, -0.25) is 9.78 Å². The summed E-state index contributed by atoms with van der Waals surface area (Å²) < 4.78 is 5.24. The molecule has 1 atom stereocenters. The van der Waals surface area contributed by atoms with E-state index in [0.29, 0.717) is 23.7 Å². The summed E-state index contributed by atoms with van der Waals surface area (Å²) in [5, 5.41) is 3.50. The molecule has 0 saturated carbocycles. The van der Waals surface area contributed by atoms with Crippen molar-refractivity contribution in [3.8, 4) is 5.75 Å². The molecule has 0 aliphatic carbocycles. The Hall–Kier alpha value is -2.85. The number of halogens is 1. The number of carbonyl (C=O) groups excluding carboxylic acids is 1. The van der Waals surface area contributed by atoms with Crippen LogP contribution in [0.3, 0.4) is 0 Å². The normalized spacial score (nSPS) is 11.6. The molecule has 1 heterocycles. The lowest BCUT2D eigenvalue weighted by Crippen LogP contribution is -2.25. The van der Waals surface area contributed by atoms with Crippen molar-refractivity contribution in [1.29, 1.82) is 0 Å². The van der Waals surface area contributed by atoms with Crippen LogP contribution in [0.2, 0.25) is 5.02 Å². The Morgan fingerprint density at radius 2 is 1.93 bits per heavy atom. The number of pyridine rings is 1. The van der Waals surface area contributed by atoms with Crippen molar-refractivity contribution in [3.63, 3.8) is 0 Å². The number of methoxy groups -OCH3 is 1.